The highest BCUT2D eigenvalue weighted by Gasteiger charge is 2.23. The van der Waals surface area contributed by atoms with E-state index >= 15 is 0 Å². The molecule has 2 fully saturated rings. The minimum absolute atomic E-state index is 0.152. The van der Waals surface area contributed by atoms with Gasteiger partial charge in [0.2, 0.25) is 11.9 Å². The molecule has 3 heterocycles. The van der Waals surface area contributed by atoms with Gasteiger partial charge >= 0.3 is 0 Å². The third-order valence-corrected chi connectivity index (χ3v) is 5.40. The molecule has 0 radical (unpaired) electrons. The van der Waals surface area contributed by atoms with Crippen molar-refractivity contribution in [2.75, 3.05) is 62.3 Å². The molecule has 1 amide bonds. The number of aromatic nitrogens is 2. The predicted molar refractivity (Wildman–Crippen MR) is 109 cm³/mol. The molecule has 8 heteroatoms. The summed E-state index contributed by atoms with van der Waals surface area (Å²) in [4.78, 5) is 28.0. The topological polar surface area (TPSA) is 61.8 Å². The van der Waals surface area contributed by atoms with Crippen LogP contribution in [-0.2, 0) is 16.0 Å². The lowest BCUT2D eigenvalue weighted by Gasteiger charge is -2.36. The van der Waals surface area contributed by atoms with Gasteiger partial charge in [0.1, 0.15) is 5.82 Å². The first kappa shape index (κ1) is 19.0. The maximum atomic E-state index is 12.6. The van der Waals surface area contributed by atoms with E-state index in [2.05, 4.69) is 14.8 Å². The van der Waals surface area contributed by atoms with Crippen molar-refractivity contribution in [3.8, 4) is 0 Å². The number of amides is 1. The molecule has 1 aromatic carbocycles. The van der Waals surface area contributed by atoms with Crippen molar-refractivity contribution in [2.45, 2.75) is 6.42 Å². The maximum absolute atomic E-state index is 12.6. The van der Waals surface area contributed by atoms with Crippen LogP contribution in [0.3, 0.4) is 0 Å². The van der Waals surface area contributed by atoms with E-state index in [-0.39, 0.29) is 5.91 Å². The Morgan fingerprint density at radius 2 is 1.68 bits per heavy atom. The number of piperazine rings is 1. The van der Waals surface area contributed by atoms with Gasteiger partial charge in [-0.15, -0.1) is 0 Å². The van der Waals surface area contributed by atoms with Crippen molar-refractivity contribution in [1.82, 2.24) is 14.9 Å². The molecule has 7 nitrogen and oxygen atoms in total. The number of benzene rings is 1. The second kappa shape index (κ2) is 8.75. The van der Waals surface area contributed by atoms with Crippen LogP contribution in [0.15, 0.2) is 36.5 Å². The van der Waals surface area contributed by atoms with Crippen LogP contribution in [0, 0.1) is 0 Å². The molecule has 4 rings (SSSR count). The Balaban J connectivity index is 1.33. The van der Waals surface area contributed by atoms with Gasteiger partial charge in [-0.05, 0) is 23.8 Å². The lowest BCUT2D eigenvalue weighted by Crippen LogP contribution is -2.49. The van der Waals surface area contributed by atoms with Crippen molar-refractivity contribution >= 4 is 29.3 Å². The predicted octanol–water partition coefficient (Wildman–Crippen LogP) is 1.86. The van der Waals surface area contributed by atoms with Gasteiger partial charge < -0.3 is 19.4 Å². The third-order valence-electron chi connectivity index (χ3n) is 5.15. The Bertz CT molecular complexity index is 802. The molecule has 0 atom stereocenters. The first-order valence-corrected chi connectivity index (χ1v) is 10.00. The van der Waals surface area contributed by atoms with Crippen LogP contribution >= 0.6 is 11.6 Å². The van der Waals surface area contributed by atoms with E-state index in [1.807, 2.05) is 41.4 Å². The van der Waals surface area contributed by atoms with Gasteiger partial charge in [-0.1, -0.05) is 23.7 Å². The zero-order chi connectivity index (χ0) is 19.3. The molecule has 148 valence electrons. The van der Waals surface area contributed by atoms with Gasteiger partial charge in [-0.2, -0.15) is 4.98 Å². The third kappa shape index (κ3) is 4.54. The maximum Gasteiger partial charge on any atom is 0.227 e. The second-order valence-corrected chi connectivity index (χ2v) is 7.42. The standard InChI is InChI=1S/C20H24ClN5O2/c21-17-3-1-16(2-4-17)15-19(27)25-9-7-24(8-10-25)18-5-6-22-20(23-18)26-11-13-28-14-12-26/h1-6H,7-15H2. The Kier molecular flexibility index (Phi) is 5.92. The highest BCUT2D eigenvalue weighted by molar-refractivity contribution is 6.30. The number of morpholine rings is 1. The molecule has 0 unspecified atom stereocenters. The van der Waals surface area contributed by atoms with Crippen molar-refractivity contribution in [3.63, 3.8) is 0 Å². The van der Waals surface area contributed by atoms with Crippen LogP contribution in [0.1, 0.15) is 5.56 Å². The van der Waals surface area contributed by atoms with Crippen LogP contribution < -0.4 is 9.80 Å². The highest BCUT2D eigenvalue weighted by Crippen LogP contribution is 2.18. The van der Waals surface area contributed by atoms with Crippen molar-refractivity contribution in [1.29, 1.82) is 0 Å². The summed E-state index contributed by atoms with van der Waals surface area (Å²) in [5.41, 5.74) is 0.989. The number of ether oxygens (including phenoxy) is 1. The largest absolute Gasteiger partial charge is 0.378 e. The number of halogens is 1. The van der Waals surface area contributed by atoms with Gasteiger partial charge in [-0.25, -0.2) is 4.98 Å². The Morgan fingerprint density at radius 3 is 2.39 bits per heavy atom. The van der Waals surface area contributed by atoms with E-state index in [0.29, 0.717) is 37.7 Å². The average molecular weight is 402 g/mol. The molecule has 0 saturated carbocycles. The van der Waals surface area contributed by atoms with E-state index in [9.17, 15) is 4.79 Å². The first-order chi connectivity index (χ1) is 13.7. The van der Waals surface area contributed by atoms with Crippen LogP contribution in [0.4, 0.5) is 11.8 Å². The van der Waals surface area contributed by atoms with E-state index in [0.717, 1.165) is 43.5 Å². The summed E-state index contributed by atoms with van der Waals surface area (Å²) < 4.78 is 5.40. The number of carbonyl (C=O) groups excluding carboxylic acids is 1. The number of rotatable bonds is 4. The summed E-state index contributed by atoms with van der Waals surface area (Å²) in [5, 5.41) is 0.686. The monoisotopic (exact) mass is 401 g/mol. The first-order valence-electron chi connectivity index (χ1n) is 9.62. The van der Waals surface area contributed by atoms with Gasteiger partial charge in [0, 0.05) is 50.5 Å². The summed E-state index contributed by atoms with van der Waals surface area (Å²) >= 11 is 5.91. The van der Waals surface area contributed by atoms with Gasteiger partial charge in [0.05, 0.1) is 19.6 Å². The van der Waals surface area contributed by atoms with E-state index < -0.39 is 0 Å². The Morgan fingerprint density at radius 1 is 0.964 bits per heavy atom. The summed E-state index contributed by atoms with van der Waals surface area (Å²) in [7, 11) is 0. The van der Waals surface area contributed by atoms with Crippen LogP contribution in [-0.4, -0.2) is 73.3 Å². The zero-order valence-corrected chi connectivity index (χ0v) is 16.5. The lowest BCUT2D eigenvalue weighted by atomic mass is 10.1. The summed E-state index contributed by atoms with van der Waals surface area (Å²) in [6.07, 6.45) is 2.22. The minimum Gasteiger partial charge on any atom is -0.378 e. The molecule has 0 aliphatic carbocycles. The van der Waals surface area contributed by atoms with Crippen molar-refractivity contribution < 1.29 is 9.53 Å². The van der Waals surface area contributed by atoms with Crippen LogP contribution in [0.2, 0.25) is 5.02 Å². The quantitative estimate of drug-likeness (QED) is 0.779. The fourth-order valence-corrected chi connectivity index (χ4v) is 3.63. The fourth-order valence-electron chi connectivity index (χ4n) is 3.50. The molecular formula is C20H24ClN5O2. The molecule has 28 heavy (non-hydrogen) atoms. The number of anilines is 2. The molecule has 0 N–H and O–H groups in total. The number of nitrogens with zero attached hydrogens (tertiary/aromatic N) is 5. The lowest BCUT2D eigenvalue weighted by molar-refractivity contribution is -0.130. The second-order valence-electron chi connectivity index (χ2n) is 6.99. The zero-order valence-electron chi connectivity index (χ0n) is 15.8. The Labute approximate surface area is 169 Å². The van der Waals surface area contributed by atoms with Crippen molar-refractivity contribution in [2.24, 2.45) is 0 Å². The molecule has 1 aromatic heterocycles. The van der Waals surface area contributed by atoms with E-state index in [1.165, 1.54) is 0 Å². The van der Waals surface area contributed by atoms with Crippen LogP contribution in [0.25, 0.3) is 0 Å². The number of carbonyl (C=O) groups is 1. The molecule has 0 bridgehead atoms. The van der Waals surface area contributed by atoms with Crippen LogP contribution in [0.5, 0.6) is 0 Å². The highest BCUT2D eigenvalue weighted by atomic mass is 35.5. The fraction of sp³-hybridized carbons (Fsp3) is 0.450. The summed E-state index contributed by atoms with van der Waals surface area (Å²) in [5.74, 6) is 1.82. The summed E-state index contributed by atoms with van der Waals surface area (Å²) in [6, 6.07) is 9.40. The SMILES string of the molecule is O=C(Cc1ccc(Cl)cc1)N1CCN(c2ccnc(N3CCOCC3)n2)CC1. The number of hydrogen-bond acceptors (Lipinski definition) is 6. The summed E-state index contributed by atoms with van der Waals surface area (Å²) in [6.45, 7) is 5.99. The molecular weight excluding hydrogens is 378 g/mol. The average Bonchev–Trinajstić information content (AvgIpc) is 2.76. The molecule has 0 spiro atoms. The van der Waals surface area contributed by atoms with E-state index in [1.54, 1.807) is 0 Å². The van der Waals surface area contributed by atoms with Crippen molar-refractivity contribution in [3.05, 3.63) is 47.1 Å². The minimum atomic E-state index is 0.152. The normalized spacial score (nSPS) is 17.7. The smallest absolute Gasteiger partial charge is 0.227 e. The van der Waals surface area contributed by atoms with E-state index in [4.69, 9.17) is 21.3 Å². The molecule has 2 saturated heterocycles. The molecule has 2 aromatic rings. The van der Waals surface area contributed by atoms with Gasteiger partial charge in [0.25, 0.3) is 0 Å². The molecule has 2 aliphatic rings. The number of hydrogen-bond donors (Lipinski definition) is 0. The molecule has 2 aliphatic heterocycles. The van der Waals surface area contributed by atoms with Gasteiger partial charge in [0.15, 0.2) is 0 Å². The van der Waals surface area contributed by atoms with Gasteiger partial charge in [-0.3, -0.25) is 4.79 Å². The Hall–Kier alpha value is -2.38.